The summed E-state index contributed by atoms with van der Waals surface area (Å²) in [6, 6.07) is 0. The van der Waals surface area contributed by atoms with Crippen molar-refractivity contribution < 1.29 is 4.79 Å². The van der Waals surface area contributed by atoms with Crippen molar-refractivity contribution >= 4 is 16.9 Å². The number of rotatable bonds is 5. The summed E-state index contributed by atoms with van der Waals surface area (Å²) in [7, 11) is 0. The first-order chi connectivity index (χ1) is 9.58. The Kier molecular flexibility index (Phi) is 4.11. The van der Waals surface area contributed by atoms with E-state index < -0.39 is 0 Å². The predicted molar refractivity (Wildman–Crippen MR) is 73.3 cm³/mol. The molecule has 2 aromatic rings. The molecule has 0 spiro atoms. The second kappa shape index (κ2) is 5.81. The molecule has 0 aliphatic rings. The number of hydrogen-bond acceptors (Lipinski definition) is 5. The number of amides is 1. The smallest absolute Gasteiger partial charge is 0.296 e. The van der Waals surface area contributed by atoms with E-state index >= 15 is 0 Å². The predicted octanol–water partition coefficient (Wildman–Crippen LogP) is -0.157. The molecule has 0 unspecified atom stereocenters. The lowest BCUT2D eigenvalue weighted by atomic mass is 10.4. The fourth-order valence-corrected chi connectivity index (χ4v) is 1.95. The molecule has 8 heteroatoms. The van der Waals surface area contributed by atoms with Gasteiger partial charge in [-0.15, -0.1) is 5.10 Å². The van der Waals surface area contributed by atoms with Crippen molar-refractivity contribution in [2.45, 2.75) is 40.3 Å². The number of fused-ring (bicyclic) bond motifs is 1. The van der Waals surface area contributed by atoms with Gasteiger partial charge >= 0.3 is 0 Å². The SMILES string of the molecule is CCCNC(=O)Cn1nnc2c(C)nn(CC)c2c1=O. The van der Waals surface area contributed by atoms with Gasteiger partial charge in [-0.05, 0) is 20.3 Å². The van der Waals surface area contributed by atoms with Crippen LogP contribution in [0.15, 0.2) is 4.79 Å². The lowest BCUT2D eigenvalue weighted by Crippen LogP contribution is -2.35. The fourth-order valence-electron chi connectivity index (χ4n) is 1.95. The Morgan fingerprint density at radius 3 is 2.70 bits per heavy atom. The Bertz CT molecular complexity index is 687. The molecule has 2 heterocycles. The monoisotopic (exact) mass is 278 g/mol. The maximum absolute atomic E-state index is 12.4. The Labute approximate surface area is 115 Å². The highest BCUT2D eigenvalue weighted by atomic mass is 16.2. The summed E-state index contributed by atoms with van der Waals surface area (Å²) in [5, 5.41) is 14.7. The van der Waals surface area contributed by atoms with E-state index in [4.69, 9.17) is 0 Å². The van der Waals surface area contributed by atoms with Crippen LogP contribution in [0.25, 0.3) is 11.0 Å². The average Bonchev–Trinajstić information content (AvgIpc) is 2.77. The van der Waals surface area contributed by atoms with Gasteiger partial charge in [-0.2, -0.15) is 9.78 Å². The molecule has 0 aliphatic carbocycles. The van der Waals surface area contributed by atoms with Gasteiger partial charge in [0, 0.05) is 13.1 Å². The molecule has 0 radical (unpaired) electrons. The summed E-state index contributed by atoms with van der Waals surface area (Å²) < 4.78 is 2.66. The van der Waals surface area contributed by atoms with Crippen LogP contribution < -0.4 is 10.9 Å². The highest BCUT2D eigenvalue weighted by molar-refractivity contribution is 5.77. The van der Waals surface area contributed by atoms with Gasteiger partial charge in [-0.3, -0.25) is 14.3 Å². The molecule has 0 bridgehead atoms. The van der Waals surface area contributed by atoms with Crippen LogP contribution in [-0.2, 0) is 17.9 Å². The minimum atomic E-state index is -0.343. The summed E-state index contributed by atoms with van der Waals surface area (Å²) in [6.07, 6.45) is 0.840. The van der Waals surface area contributed by atoms with Crippen LogP contribution in [0.4, 0.5) is 0 Å². The van der Waals surface area contributed by atoms with Crippen molar-refractivity contribution in [1.29, 1.82) is 0 Å². The molecule has 1 amide bonds. The Morgan fingerprint density at radius 2 is 2.05 bits per heavy atom. The van der Waals surface area contributed by atoms with Gasteiger partial charge in [-0.25, -0.2) is 0 Å². The third kappa shape index (κ3) is 2.54. The molecular formula is C12H18N6O2. The largest absolute Gasteiger partial charge is 0.355 e. The number of nitrogens with zero attached hydrogens (tertiary/aromatic N) is 5. The molecule has 0 saturated heterocycles. The van der Waals surface area contributed by atoms with E-state index in [9.17, 15) is 9.59 Å². The highest BCUT2D eigenvalue weighted by Crippen LogP contribution is 2.09. The van der Waals surface area contributed by atoms with Crippen LogP contribution in [0.2, 0.25) is 0 Å². The third-order valence-electron chi connectivity index (χ3n) is 2.95. The molecule has 0 aliphatic heterocycles. The van der Waals surface area contributed by atoms with Crippen molar-refractivity contribution in [3.8, 4) is 0 Å². The minimum absolute atomic E-state index is 0.129. The molecule has 0 aromatic carbocycles. The van der Waals surface area contributed by atoms with Crippen molar-refractivity contribution in [3.05, 3.63) is 16.0 Å². The van der Waals surface area contributed by atoms with Crippen LogP contribution in [-0.4, -0.2) is 37.2 Å². The molecule has 20 heavy (non-hydrogen) atoms. The number of aryl methyl sites for hydroxylation is 2. The zero-order valence-corrected chi connectivity index (χ0v) is 11.9. The van der Waals surface area contributed by atoms with Crippen molar-refractivity contribution in [2.24, 2.45) is 0 Å². The maximum Gasteiger partial charge on any atom is 0.296 e. The first-order valence-electron chi connectivity index (χ1n) is 6.66. The zero-order chi connectivity index (χ0) is 14.7. The molecular weight excluding hydrogens is 260 g/mol. The van der Waals surface area contributed by atoms with Crippen molar-refractivity contribution in [1.82, 2.24) is 30.1 Å². The van der Waals surface area contributed by atoms with Crippen LogP contribution in [0.3, 0.4) is 0 Å². The Morgan fingerprint density at radius 1 is 1.30 bits per heavy atom. The molecule has 0 saturated carbocycles. The summed E-state index contributed by atoms with van der Waals surface area (Å²) in [6.45, 7) is 6.64. The van der Waals surface area contributed by atoms with Crippen LogP contribution in [0.1, 0.15) is 26.0 Å². The average molecular weight is 278 g/mol. The first kappa shape index (κ1) is 14.2. The Balaban J connectivity index is 2.39. The van der Waals surface area contributed by atoms with Crippen molar-refractivity contribution in [2.75, 3.05) is 6.54 Å². The van der Waals surface area contributed by atoms with Gasteiger partial charge < -0.3 is 5.32 Å². The molecule has 0 atom stereocenters. The molecule has 108 valence electrons. The molecule has 1 N–H and O–H groups in total. The summed E-state index contributed by atoms with van der Waals surface area (Å²) in [5.41, 5.74) is 1.20. The lowest BCUT2D eigenvalue weighted by Gasteiger charge is -2.05. The van der Waals surface area contributed by atoms with Gasteiger partial charge in [0.2, 0.25) is 5.91 Å². The van der Waals surface area contributed by atoms with Crippen LogP contribution >= 0.6 is 0 Å². The second-order valence-corrected chi connectivity index (χ2v) is 4.50. The van der Waals surface area contributed by atoms with Crippen LogP contribution in [0, 0.1) is 6.92 Å². The Hall–Kier alpha value is -2.25. The number of nitrogens with one attached hydrogen (secondary N) is 1. The lowest BCUT2D eigenvalue weighted by molar-refractivity contribution is -0.121. The first-order valence-corrected chi connectivity index (χ1v) is 6.66. The zero-order valence-electron chi connectivity index (χ0n) is 11.9. The van der Waals surface area contributed by atoms with Gasteiger partial charge in [0.15, 0.2) is 5.52 Å². The summed E-state index contributed by atoms with van der Waals surface area (Å²) in [4.78, 5) is 24.0. The van der Waals surface area contributed by atoms with E-state index in [-0.39, 0.29) is 18.0 Å². The fraction of sp³-hybridized carbons (Fsp3) is 0.583. The quantitative estimate of drug-likeness (QED) is 0.820. The second-order valence-electron chi connectivity index (χ2n) is 4.50. The van der Waals surface area contributed by atoms with Gasteiger partial charge in [0.05, 0.1) is 5.69 Å². The highest BCUT2D eigenvalue weighted by Gasteiger charge is 2.15. The molecule has 8 nitrogen and oxygen atoms in total. The van der Waals surface area contributed by atoms with E-state index in [0.29, 0.717) is 29.8 Å². The maximum atomic E-state index is 12.4. The van der Waals surface area contributed by atoms with Crippen LogP contribution in [0.5, 0.6) is 0 Å². The number of aromatic nitrogens is 5. The van der Waals surface area contributed by atoms with E-state index in [1.165, 1.54) is 0 Å². The third-order valence-corrected chi connectivity index (χ3v) is 2.95. The number of hydrogen-bond donors (Lipinski definition) is 1. The molecule has 0 fully saturated rings. The van der Waals surface area contributed by atoms with Gasteiger partial charge in [-0.1, -0.05) is 12.1 Å². The van der Waals surface area contributed by atoms with E-state index in [1.54, 1.807) is 11.6 Å². The van der Waals surface area contributed by atoms with Gasteiger partial charge in [0.1, 0.15) is 12.1 Å². The summed E-state index contributed by atoms with van der Waals surface area (Å²) >= 11 is 0. The van der Waals surface area contributed by atoms with E-state index in [2.05, 4.69) is 20.7 Å². The molecule has 2 rings (SSSR count). The molecule has 2 aromatic heterocycles. The van der Waals surface area contributed by atoms with E-state index in [1.807, 2.05) is 13.8 Å². The summed E-state index contributed by atoms with van der Waals surface area (Å²) in [5.74, 6) is -0.248. The normalized spacial score (nSPS) is 10.9. The standard InChI is InChI=1S/C12H18N6O2/c1-4-6-13-9(19)7-18-12(20)11-10(14-16-18)8(3)15-17(11)5-2/h4-7H2,1-3H3,(H,13,19). The topological polar surface area (TPSA) is 94.7 Å². The van der Waals surface area contributed by atoms with E-state index in [0.717, 1.165) is 11.1 Å². The number of carbonyl (C=O) groups is 1. The number of carbonyl (C=O) groups excluding carboxylic acids is 1. The van der Waals surface area contributed by atoms with Crippen molar-refractivity contribution in [3.63, 3.8) is 0 Å². The minimum Gasteiger partial charge on any atom is -0.355 e. The van der Waals surface area contributed by atoms with Gasteiger partial charge in [0.25, 0.3) is 5.56 Å².